The Labute approximate surface area is 147 Å². The molecule has 2 aromatic rings. The smallest absolute Gasteiger partial charge is 0.236 e. The summed E-state index contributed by atoms with van der Waals surface area (Å²) in [6.07, 6.45) is 8.83. The second-order valence-corrected chi connectivity index (χ2v) is 6.33. The van der Waals surface area contributed by atoms with Gasteiger partial charge < -0.3 is 15.1 Å². The van der Waals surface area contributed by atoms with Crippen LogP contribution in [0.4, 0.5) is 5.82 Å². The van der Waals surface area contributed by atoms with Gasteiger partial charge in [0, 0.05) is 57.0 Å². The Bertz CT molecular complexity index is 653. The van der Waals surface area contributed by atoms with Gasteiger partial charge in [-0.2, -0.15) is 5.10 Å². The minimum absolute atomic E-state index is 0.137. The molecule has 1 fully saturated rings. The molecule has 0 saturated carbocycles. The maximum atomic E-state index is 12.4. The van der Waals surface area contributed by atoms with Crippen molar-refractivity contribution in [2.45, 2.75) is 25.9 Å². The fourth-order valence-electron chi connectivity index (χ4n) is 2.92. The van der Waals surface area contributed by atoms with Crippen LogP contribution in [0.25, 0.3) is 0 Å². The molecule has 134 valence electrons. The molecule has 1 saturated heterocycles. The SMILES string of the molecule is CC(NCC(=O)N1CCN(c2cnccn2)CC1)C(C)n1cccn1. The van der Waals surface area contributed by atoms with Gasteiger partial charge in [-0.25, -0.2) is 4.98 Å². The first kappa shape index (κ1) is 17.3. The molecular formula is C17H25N7O. The van der Waals surface area contributed by atoms with Crippen molar-refractivity contribution in [1.29, 1.82) is 0 Å². The average molecular weight is 343 g/mol. The number of hydrogen-bond acceptors (Lipinski definition) is 6. The summed E-state index contributed by atoms with van der Waals surface area (Å²) in [5.74, 6) is 1.01. The van der Waals surface area contributed by atoms with Gasteiger partial charge >= 0.3 is 0 Å². The highest BCUT2D eigenvalue weighted by Gasteiger charge is 2.23. The van der Waals surface area contributed by atoms with Crippen molar-refractivity contribution < 1.29 is 4.79 Å². The van der Waals surface area contributed by atoms with Crippen LogP contribution in [0.5, 0.6) is 0 Å². The molecule has 0 radical (unpaired) electrons. The molecule has 2 aromatic heterocycles. The first-order chi connectivity index (χ1) is 12.1. The van der Waals surface area contributed by atoms with E-state index in [1.54, 1.807) is 24.8 Å². The summed E-state index contributed by atoms with van der Waals surface area (Å²) in [7, 11) is 0. The maximum Gasteiger partial charge on any atom is 0.236 e. The van der Waals surface area contributed by atoms with Gasteiger partial charge in [-0.3, -0.25) is 14.5 Å². The van der Waals surface area contributed by atoms with E-state index < -0.39 is 0 Å². The number of nitrogens with zero attached hydrogens (tertiary/aromatic N) is 6. The second-order valence-electron chi connectivity index (χ2n) is 6.33. The summed E-state index contributed by atoms with van der Waals surface area (Å²) in [6.45, 7) is 7.49. The van der Waals surface area contributed by atoms with Gasteiger partial charge in [-0.05, 0) is 19.9 Å². The molecule has 8 heteroatoms. The molecule has 8 nitrogen and oxygen atoms in total. The number of carbonyl (C=O) groups is 1. The number of aromatic nitrogens is 4. The van der Waals surface area contributed by atoms with Crippen molar-refractivity contribution in [2.75, 3.05) is 37.6 Å². The molecule has 0 aliphatic carbocycles. The van der Waals surface area contributed by atoms with Crippen molar-refractivity contribution in [3.63, 3.8) is 0 Å². The van der Waals surface area contributed by atoms with Crippen LogP contribution in [0, 0.1) is 0 Å². The first-order valence-corrected chi connectivity index (χ1v) is 8.66. The number of anilines is 1. The van der Waals surface area contributed by atoms with E-state index in [0.717, 1.165) is 18.9 Å². The topological polar surface area (TPSA) is 79.2 Å². The number of nitrogens with one attached hydrogen (secondary N) is 1. The molecule has 2 atom stereocenters. The summed E-state index contributed by atoms with van der Waals surface area (Å²) in [4.78, 5) is 24.9. The van der Waals surface area contributed by atoms with E-state index in [2.05, 4.69) is 39.1 Å². The number of piperazine rings is 1. The standard InChI is InChI=1S/C17H25N7O/c1-14(15(2)24-7-3-4-21-24)20-13-17(25)23-10-8-22(9-11-23)16-12-18-5-6-19-16/h3-7,12,14-15,20H,8-11,13H2,1-2H3. The summed E-state index contributed by atoms with van der Waals surface area (Å²) >= 11 is 0. The molecule has 1 amide bonds. The van der Waals surface area contributed by atoms with E-state index in [4.69, 9.17) is 0 Å². The van der Waals surface area contributed by atoms with Crippen LogP contribution in [0.3, 0.4) is 0 Å². The predicted octanol–water partition coefficient (Wildman–Crippen LogP) is 0.561. The number of carbonyl (C=O) groups excluding carboxylic acids is 1. The molecule has 2 unspecified atom stereocenters. The number of amides is 1. The summed E-state index contributed by atoms with van der Waals surface area (Å²) in [6, 6.07) is 2.26. The van der Waals surface area contributed by atoms with Crippen LogP contribution in [0.15, 0.2) is 37.1 Å². The molecule has 25 heavy (non-hydrogen) atoms. The van der Waals surface area contributed by atoms with Gasteiger partial charge in [0.25, 0.3) is 0 Å². The highest BCUT2D eigenvalue weighted by atomic mass is 16.2. The lowest BCUT2D eigenvalue weighted by molar-refractivity contribution is -0.130. The van der Waals surface area contributed by atoms with Crippen LogP contribution in [0.1, 0.15) is 19.9 Å². The van der Waals surface area contributed by atoms with Crippen LogP contribution in [-0.4, -0.2) is 69.3 Å². The quantitative estimate of drug-likeness (QED) is 0.826. The Hall–Kier alpha value is -2.48. The lowest BCUT2D eigenvalue weighted by atomic mass is 10.1. The predicted molar refractivity (Wildman–Crippen MR) is 95.2 cm³/mol. The van der Waals surface area contributed by atoms with Crippen LogP contribution in [0.2, 0.25) is 0 Å². The third-order valence-corrected chi connectivity index (χ3v) is 4.75. The normalized spacial score (nSPS) is 17.4. The molecule has 3 heterocycles. The fourth-order valence-corrected chi connectivity index (χ4v) is 2.92. The lowest BCUT2D eigenvalue weighted by Crippen LogP contribution is -2.52. The average Bonchev–Trinajstić information content (AvgIpc) is 3.21. The summed E-state index contributed by atoms with van der Waals surface area (Å²) < 4.78 is 1.90. The Morgan fingerprint density at radius 3 is 2.64 bits per heavy atom. The zero-order valence-electron chi connectivity index (χ0n) is 14.7. The van der Waals surface area contributed by atoms with E-state index in [1.165, 1.54) is 0 Å². The van der Waals surface area contributed by atoms with Gasteiger partial charge in [-0.15, -0.1) is 0 Å². The molecule has 0 spiro atoms. The Balaban J connectivity index is 1.43. The largest absolute Gasteiger partial charge is 0.352 e. The van der Waals surface area contributed by atoms with E-state index >= 15 is 0 Å². The molecule has 1 aliphatic rings. The van der Waals surface area contributed by atoms with Crippen molar-refractivity contribution in [2.24, 2.45) is 0 Å². The monoisotopic (exact) mass is 343 g/mol. The minimum Gasteiger partial charge on any atom is -0.352 e. The highest BCUT2D eigenvalue weighted by molar-refractivity contribution is 5.78. The van der Waals surface area contributed by atoms with Crippen LogP contribution < -0.4 is 10.2 Å². The van der Waals surface area contributed by atoms with E-state index in [0.29, 0.717) is 19.6 Å². The third-order valence-electron chi connectivity index (χ3n) is 4.75. The minimum atomic E-state index is 0.137. The van der Waals surface area contributed by atoms with Crippen LogP contribution >= 0.6 is 0 Å². The molecule has 3 rings (SSSR count). The third kappa shape index (κ3) is 4.33. The van der Waals surface area contributed by atoms with Crippen molar-refractivity contribution in [3.05, 3.63) is 37.1 Å². The summed E-state index contributed by atoms with van der Waals surface area (Å²) in [5, 5.41) is 7.58. The highest BCUT2D eigenvalue weighted by Crippen LogP contribution is 2.12. The lowest BCUT2D eigenvalue weighted by Gasteiger charge is -2.35. The second kappa shape index (κ2) is 8.06. The zero-order valence-corrected chi connectivity index (χ0v) is 14.7. The molecule has 0 aromatic carbocycles. The van der Waals surface area contributed by atoms with E-state index in [1.807, 2.05) is 21.8 Å². The summed E-state index contributed by atoms with van der Waals surface area (Å²) in [5.41, 5.74) is 0. The number of hydrogen-bond donors (Lipinski definition) is 1. The van der Waals surface area contributed by atoms with Crippen molar-refractivity contribution in [1.82, 2.24) is 30.0 Å². The Kier molecular flexibility index (Phi) is 5.60. The molecule has 0 bridgehead atoms. The van der Waals surface area contributed by atoms with Crippen molar-refractivity contribution in [3.8, 4) is 0 Å². The molecule has 1 N–H and O–H groups in total. The Morgan fingerprint density at radius 1 is 1.20 bits per heavy atom. The first-order valence-electron chi connectivity index (χ1n) is 8.66. The van der Waals surface area contributed by atoms with Gasteiger partial charge in [0.15, 0.2) is 0 Å². The van der Waals surface area contributed by atoms with E-state index in [9.17, 15) is 4.79 Å². The Morgan fingerprint density at radius 2 is 2.00 bits per heavy atom. The van der Waals surface area contributed by atoms with E-state index in [-0.39, 0.29) is 18.0 Å². The molecular weight excluding hydrogens is 318 g/mol. The van der Waals surface area contributed by atoms with Gasteiger partial charge in [0.05, 0.1) is 18.8 Å². The fraction of sp³-hybridized carbons (Fsp3) is 0.529. The molecule has 1 aliphatic heterocycles. The number of rotatable bonds is 6. The van der Waals surface area contributed by atoms with Crippen LogP contribution in [-0.2, 0) is 4.79 Å². The van der Waals surface area contributed by atoms with Crippen molar-refractivity contribution >= 4 is 11.7 Å². The maximum absolute atomic E-state index is 12.4. The van der Waals surface area contributed by atoms with Gasteiger partial charge in [-0.1, -0.05) is 0 Å². The zero-order chi connectivity index (χ0) is 17.6. The van der Waals surface area contributed by atoms with Gasteiger partial charge in [0.2, 0.25) is 5.91 Å². The van der Waals surface area contributed by atoms with Gasteiger partial charge in [0.1, 0.15) is 5.82 Å².